The molecular weight excluding hydrogens is 188 g/mol. The number of aliphatic hydroxyl groups is 3. The first-order valence-electron chi connectivity index (χ1n) is 3.18. The molecule has 0 bridgehead atoms. The molecule has 0 amide bonds. The van der Waals surface area contributed by atoms with E-state index >= 15 is 0 Å². The van der Waals surface area contributed by atoms with Crippen molar-refractivity contribution in [3.05, 3.63) is 0 Å². The molecule has 0 aromatic heterocycles. The Morgan fingerprint density at radius 3 is 2.17 bits per heavy atom. The summed E-state index contributed by atoms with van der Waals surface area (Å²) in [5.41, 5.74) is 0. The van der Waals surface area contributed by atoms with Crippen molar-refractivity contribution in [2.45, 2.75) is 12.2 Å². The summed E-state index contributed by atoms with van der Waals surface area (Å²) in [6.07, 6.45) is -1.96. The summed E-state index contributed by atoms with van der Waals surface area (Å²) in [5.74, 6) is 0. The molecule has 12 heavy (non-hydrogen) atoms. The molecule has 6 nitrogen and oxygen atoms in total. The van der Waals surface area contributed by atoms with E-state index < -0.39 is 35.5 Å². The summed E-state index contributed by atoms with van der Waals surface area (Å²) in [6, 6.07) is 0. The lowest BCUT2D eigenvalue weighted by atomic mass is 10.2. The van der Waals surface area contributed by atoms with Crippen LogP contribution in [0.25, 0.3) is 0 Å². The van der Waals surface area contributed by atoms with Crippen LogP contribution in [0.5, 0.6) is 0 Å². The summed E-state index contributed by atoms with van der Waals surface area (Å²) in [6.45, 7) is -1.20. The van der Waals surface area contributed by atoms with Crippen LogP contribution in [0.2, 0.25) is 0 Å². The summed E-state index contributed by atoms with van der Waals surface area (Å²) in [5, 5.41) is 25.9. The van der Waals surface area contributed by atoms with Crippen LogP contribution in [0.4, 0.5) is 0 Å². The predicted molar refractivity (Wildman–Crippen MR) is 39.9 cm³/mol. The van der Waals surface area contributed by atoms with Crippen LogP contribution >= 0.6 is 0 Å². The Labute approximate surface area is 70.5 Å². The van der Waals surface area contributed by atoms with Gasteiger partial charge in [0.25, 0.3) is 10.1 Å². The van der Waals surface area contributed by atoms with Crippen LogP contribution < -0.4 is 0 Å². The maximum absolute atomic E-state index is 10.4. The van der Waals surface area contributed by atoms with Crippen molar-refractivity contribution in [3.63, 3.8) is 0 Å². The largest absolute Gasteiger partial charge is 0.394 e. The van der Waals surface area contributed by atoms with E-state index in [-0.39, 0.29) is 0 Å². The third-order valence-corrected chi connectivity index (χ3v) is 1.65. The topological polar surface area (TPSA) is 104 Å². The van der Waals surface area contributed by atoms with Crippen LogP contribution in [0.1, 0.15) is 0 Å². The first kappa shape index (κ1) is 11.8. The highest BCUT2D eigenvalue weighted by atomic mass is 32.2. The van der Waals surface area contributed by atoms with Gasteiger partial charge in [-0.25, -0.2) is 0 Å². The van der Waals surface area contributed by atoms with Crippen LogP contribution in [0.3, 0.4) is 0 Å². The molecule has 0 unspecified atom stereocenters. The average molecular weight is 200 g/mol. The van der Waals surface area contributed by atoms with E-state index in [0.29, 0.717) is 0 Å². The minimum atomic E-state index is -3.61. The van der Waals surface area contributed by atoms with Gasteiger partial charge in [0.2, 0.25) is 0 Å². The zero-order valence-corrected chi connectivity index (χ0v) is 7.36. The van der Waals surface area contributed by atoms with Crippen molar-refractivity contribution >= 4 is 10.1 Å². The van der Waals surface area contributed by atoms with Crippen molar-refractivity contribution in [1.82, 2.24) is 0 Å². The van der Waals surface area contributed by atoms with Crippen LogP contribution in [0, 0.1) is 0 Å². The standard InChI is InChI=1S/C5H12O6S/c1-12(9,10)11-3-5(8)4(7)2-6/h4-8H,2-3H2,1H3/t4-,5-/m1/s1. The number of hydrogen-bond donors (Lipinski definition) is 3. The van der Waals surface area contributed by atoms with Crippen molar-refractivity contribution < 1.29 is 27.9 Å². The molecular formula is C5H12O6S. The molecule has 0 saturated heterocycles. The molecule has 0 aromatic carbocycles. The molecule has 0 aromatic rings. The van der Waals surface area contributed by atoms with Gasteiger partial charge in [-0.05, 0) is 0 Å². The number of hydrogen-bond acceptors (Lipinski definition) is 6. The minimum Gasteiger partial charge on any atom is -0.394 e. The highest BCUT2D eigenvalue weighted by Crippen LogP contribution is 1.96. The third kappa shape index (κ3) is 5.44. The monoisotopic (exact) mass is 200 g/mol. The molecule has 0 radical (unpaired) electrons. The molecule has 0 aliphatic rings. The fourth-order valence-electron chi connectivity index (χ4n) is 0.426. The van der Waals surface area contributed by atoms with Crippen LogP contribution in [-0.4, -0.2) is 55.4 Å². The molecule has 2 atom stereocenters. The SMILES string of the molecule is CS(=O)(=O)OC[C@@H](O)[C@H](O)CO. The van der Waals surface area contributed by atoms with Crippen molar-refractivity contribution in [1.29, 1.82) is 0 Å². The van der Waals surface area contributed by atoms with Crippen LogP contribution in [0.15, 0.2) is 0 Å². The molecule has 0 rings (SSSR count). The summed E-state index contributed by atoms with van der Waals surface area (Å²) < 4.78 is 24.9. The van der Waals surface area contributed by atoms with Gasteiger partial charge in [0, 0.05) is 0 Å². The Morgan fingerprint density at radius 2 is 1.83 bits per heavy atom. The van der Waals surface area contributed by atoms with Gasteiger partial charge in [0.1, 0.15) is 12.2 Å². The van der Waals surface area contributed by atoms with E-state index in [1.54, 1.807) is 0 Å². The summed E-state index contributed by atoms with van der Waals surface area (Å²) >= 11 is 0. The quantitative estimate of drug-likeness (QED) is 0.430. The molecule has 0 heterocycles. The van der Waals surface area contributed by atoms with Crippen molar-refractivity contribution in [2.24, 2.45) is 0 Å². The van der Waals surface area contributed by atoms with E-state index in [0.717, 1.165) is 6.26 Å². The maximum atomic E-state index is 10.4. The lowest BCUT2D eigenvalue weighted by Crippen LogP contribution is -2.33. The smallest absolute Gasteiger partial charge is 0.264 e. The Bertz CT molecular complexity index is 210. The Morgan fingerprint density at radius 1 is 1.33 bits per heavy atom. The maximum Gasteiger partial charge on any atom is 0.264 e. The molecule has 0 saturated carbocycles. The molecule has 7 heteroatoms. The fraction of sp³-hybridized carbons (Fsp3) is 1.00. The second-order valence-corrected chi connectivity index (χ2v) is 3.95. The first-order valence-corrected chi connectivity index (χ1v) is 5.00. The van der Waals surface area contributed by atoms with Gasteiger partial charge in [-0.2, -0.15) is 8.42 Å². The number of aliphatic hydroxyl groups excluding tert-OH is 3. The normalized spacial score (nSPS) is 17.3. The highest BCUT2D eigenvalue weighted by Gasteiger charge is 2.17. The molecule has 3 N–H and O–H groups in total. The third-order valence-electron chi connectivity index (χ3n) is 1.08. The van der Waals surface area contributed by atoms with Gasteiger partial charge in [-0.3, -0.25) is 4.18 Å². The highest BCUT2D eigenvalue weighted by molar-refractivity contribution is 7.85. The van der Waals surface area contributed by atoms with Gasteiger partial charge in [0.15, 0.2) is 0 Å². The van der Waals surface area contributed by atoms with E-state index in [1.807, 2.05) is 0 Å². The molecule has 74 valence electrons. The van der Waals surface area contributed by atoms with Gasteiger partial charge >= 0.3 is 0 Å². The zero-order chi connectivity index (χ0) is 9.78. The van der Waals surface area contributed by atoms with Gasteiger partial charge in [-0.1, -0.05) is 0 Å². The second kappa shape index (κ2) is 4.73. The number of rotatable bonds is 5. The molecule has 0 fully saturated rings. The van der Waals surface area contributed by atoms with Crippen LogP contribution in [-0.2, 0) is 14.3 Å². The lowest BCUT2D eigenvalue weighted by molar-refractivity contribution is -0.0327. The Hall–Kier alpha value is -0.210. The van der Waals surface area contributed by atoms with E-state index in [2.05, 4.69) is 4.18 Å². The summed E-state index contributed by atoms with van der Waals surface area (Å²) in [7, 11) is -3.61. The Balaban J connectivity index is 3.79. The zero-order valence-electron chi connectivity index (χ0n) is 6.54. The predicted octanol–water partition coefficient (Wildman–Crippen LogP) is -2.32. The molecule has 0 aliphatic heterocycles. The first-order chi connectivity index (χ1) is 5.37. The van der Waals surface area contributed by atoms with E-state index in [4.69, 9.17) is 15.3 Å². The van der Waals surface area contributed by atoms with E-state index in [9.17, 15) is 8.42 Å². The average Bonchev–Trinajstić information content (AvgIpc) is 1.97. The van der Waals surface area contributed by atoms with Gasteiger partial charge < -0.3 is 15.3 Å². The van der Waals surface area contributed by atoms with Gasteiger partial charge in [0.05, 0.1) is 19.5 Å². The van der Waals surface area contributed by atoms with Crippen molar-refractivity contribution in [2.75, 3.05) is 19.5 Å². The Kier molecular flexibility index (Phi) is 4.64. The molecule has 0 spiro atoms. The molecule has 0 aliphatic carbocycles. The van der Waals surface area contributed by atoms with Crippen molar-refractivity contribution in [3.8, 4) is 0 Å². The summed E-state index contributed by atoms with van der Waals surface area (Å²) in [4.78, 5) is 0. The fourth-order valence-corrected chi connectivity index (χ4v) is 0.813. The van der Waals surface area contributed by atoms with Gasteiger partial charge in [-0.15, -0.1) is 0 Å². The van der Waals surface area contributed by atoms with E-state index in [1.165, 1.54) is 0 Å². The second-order valence-electron chi connectivity index (χ2n) is 2.31. The lowest BCUT2D eigenvalue weighted by Gasteiger charge is -2.14. The minimum absolute atomic E-state index is 0.555.